The summed E-state index contributed by atoms with van der Waals surface area (Å²) in [7, 11) is 1.98. The Balaban J connectivity index is 0.00000363. The summed E-state index contributed by atoms with van der Waals surface area (Å²) in [6, 6.07) is 9.36. The minimum absolute atomic E-state index is 0. The van der Waals surface area contributed by atoms with E-state index in [1.807, 2.05) is 11.9 Å². The second kappa shape index (κ2) is 10.4. The first-order valence-corrected chi connectivity index (χ1v) is 9.97. The maximum Gasteiger partial charge on any atom is 0.279 e. The third-order valence-electron chi connectivity index (χ3n) is 5.48. The van der Waals surface area contributed by atoms with E-state index in [0.717, 1.165) is 0 Å². The molecule has 0 saturated carbocycles. The number of carbonyl (C=O) groups excluding carboxylic acids is 2. The van der Waals surface area contributed by atoms with E-state index in [4.69, 9.17) is 11.5 Å². The number of anilines is 4. The van der Waals surface area contributed by atoms with Crippen molar-refractivity contribution < 1.29 is 36.7 Å². The molecule has 0 spiro atoms. The van der Waals surface area contributed by atoms with Crippen molar-refractivity contribution in [3.8, 4) is 11.5 Å². The Morgan fingerprint density at radius 1 is 0.938 bits per heavy atom. The Hall–Kier alpha value is -3.21. The minimum atomic E-state index is -0.267. The highest BCUT2D eigenvalue weighted by molar-refractivity contribution is 5.97. The number of nitrogens with two attached hydrogens (primary N) is 2. The molecule has 0 aromatic heterocycles. The first kappa shape index (κ1) is 25.1. The number of hydrogen-bond acceptors (Lipinski definition) is 7. The number of piperazine rings is 1. The topological polar surface area (TPSA) is 154 Å². The van der Waals surface area contributed by atoms with Crippen LogP contribution in [0.3, 0.4) is 0 Å². The third-order valence-corrected chi connectivity index (χ3v) is 5.48. The molecule has 2 aromatic rings. The molecule has 3 rings (SSSR count). The van der Waals surface area contributed by atoms with Gasteiger partial charge in [-0.15, -0.1) is 0 Å². The molecular formula is C21H29ClN6O4. The Bertz CT molecular complexity index is 938. The molecule has 0 bridgehead atoms. The number of hydrogen-bond donors (Lipinski definition) is 6. The summed E-state index contributed by atoms with van der Waals surface area (Å²) in [5.41, 5.74) is 12.7. The van der Waals surface area contributed by atoms with E-state index in [9.17, 15) is 19.8 Å². The predicted molar refractivity (Wildman–Crippen MR) is 120 cm³/mol. The van der Waals surface area contributed by atoms with Crippen LogP contribution in [0.1, 0.15) is 0 Å². The van der Waals surface area contributed by atoms with Crippen molar-refractivity contribution in [1.29, 1.82) is 0 Å². The van der Waals surface area contributed by atoms with Crippen molar-refractivity contribution in [2.45, 2.75) is 0 Å². The van der Waals surface area contributed by atoms with Gasteiger partial charge >= 0.3 is 0 Å². The summed E-state index contributed by atoms with van der Waals surface area (Å²) in [4.78, 5) is 26.9. The van der Waals surface area contributed by atoms with Crippen molar-refractivity contribution in [2.24, 2.45) is 0 Å². The van der Waals surface area contributed by atoms with E-state index in [0.29, 0.717) is 42.0 Å². The molecule has 2 amide bonds. The Morgan fingerprint density at radius 2 is 1.41 bits per heavy atom. The van der Waals surface area contributed by atoms with Gasteiger partial charge in [0, 0.05) is 13.1 Å². The lowest BCUT2D eigenvalue weighted by Crippen LogP contribution is -3.00. The Kier molecular flexibility index (Phi) is 8.14. The highest BCUT2D eigenvalue weighted by Gasteiger charge is 2.32. The number of carbonyl (C=O) groups is 2. The van der Waals surface area contributed by atoms with Crippen molar-refractivity contribution in [2.75, 3.05) is 68.4 Å². The number of para-hydroxylation sites is 2. The van der Waals surface area contributed by atoms with E-state index in [1.165, 1.54) is 12.1 Å². The number of rotatable bonds is 6. The van der Waals surface area contributed by atoms with Gasteiger partial charge in [-0.25, -0.2) is 0 Å². The molecule has 174 valence electrons. The van der Waals surface area contributed by atoms with Gasteiger partial charge in [0.15, 0.2) is 6.54 Å². The second-order valence-electron chi connectivity index (χ2n) is 8.08. The van der Waals surface area contributed by atoms with E-state index in [1.54, 1.807) is 24.3 Å². The lowest BCUT2D eigenvalue weighted by molar-refractivity contribution is -0.905. The van der Waals surface area contributed by atoms with Crippen LogP contribution in [0.2, 0.25) is 0 Å². The molecule has 1 fully saturated rings. The summed E-state index contributed by atoms with van der Waals surface area (Å²) in [6.45, 7) is 3.00. The molecule has 2 aromatic carbocycles. The highest BCUT2D eigenvalue weighted by atomic mass is 35.5. The molecule has 0 atom stereocenters. The van der Waals surface area contributed by atoms with Crippen LogP contribution in [0.5, 0.6) is 11.5 Å². The van der Waals surface area contributed by atoms with Crippen LogP contribution in [-0.4, -0.2) is 77.7 Å². The zero-order valence-corrected chi connectivity index (χ0v) is 18.6. The number of benzene rings is 2. The second-order valence-corrected chi connectivity index (χ2v) is 8.08. The molecule has 1 saturated heterocycles. The van der Waals surface area contributed by atoms with Gasteiger partial charge in [-0.3, -0.25) is 14.5 Å². The van der Waals surface area contributed by atoms with Crippen molar-refractivity contribution >= 4 is 34.6 Å². The van der Waals surface area contributed by atoms with Crippen LogP contribution in [0.4, 0.5) is 22.7 Å². The van der Waals surface area contributed by atoms with Gasteiger partial charge in [0.05, 0.1) is 38.1 Å². The molecule has 11 heteroatoms. The first-order valence-electron chi connectivity index (χ1n) is 9.97. The molecule has 1 aliphatic rings. The van der Waals surface area contributed by atoms with E-state index in [2.05, 4.69) is 10.6 Å². The lowest BCUT2D eigenvalue weighted by atomic mass is 10.2. The molecule has 8 N–H and O–H groups in total. The van der Waals surface area contributed by atoms with Crippen LogP contribution in [0.25, 0.3) is 0 Å². The van der Waals surface area contributed by atoms with Crippen molar-refractivity contribution in [1.82, 2.24) is 4.90 Å². The van der Waals surface area contributed by atoms with Gasteiger partial charge < -0.3 is 49.2 Å². The Labute approximate surface area is 192 Å². The number of phenols is 2. The average molecular weight is 465 g/mol. The fraction of sp³-hybridized carbons (Fsp3) is 0.333. The molecule has 0 radical (unpaired) electrons. The van der Waals surface area contributed by atoms with Gasteiger partial charge in [-0.1, -0.05) is 12.1 Å². The van der Waals surface area contributed by atoms with E-state index in [-0.39, 0.29) is 60.2 Å². The van der Waals surface area contributed by atoms with Crippen LogP contribution in [-0.2, 0) is 9.59 Å². The lowest BCUT2D eigenvalue weighted by Gasteiger charge is -2.41. The Morgan fingerprint density at radius 3 is 1.88 bits per heavy atom. The number of nitrogens with one attached hydrogen (secondary N) is 2. The van der Waals surface area contributed by atoms with Crippen molar-refractivity contribution in [3.05, 3.63) is 36.4 Å². The van der Waals surface area contributed by atoms with Crippen LogP contribution >= 0.6 is 0 Å². The number of aromatic hydroxyl groups is 2. The smallest absolute Gasteiger partial charge is 0.279 e. The van der Waals surface area contributed by atoms with Gasteiger partial charge in [-0.05, 0) is 24.3 Å². The van der Waals surface area contributed by atoms with Gasteiger partial charge in [0.2, 0.25) is 5.91 Å². The fourth-order valence-corrected chi connectivity index (χ4v) is 3.60. The quantitative estimate of drug-likeness (QED) is 0.158. The SMILES string of the molecule is C[N+]1(CC(=O)Nc2c(N)cccc2O)CCN(CC(=O)Nc2c(N)cccc2O)CC1.[Cl-]. The largest absolute Gasteiger partial charge is 1.00 e. The summed E-state index contributed by atoms with van der Waals surface area (Å²) in [5.74, 6) is -0.654. The van der Waals surface area contributed by atoms with E-state index < -0.39 is 0 Å². The monoisotopic (exact) mass is 464 g/mol. The van der Waals surface area contributed by atoms with E-state index >= 15 is 0 Å². The molecule has 0 unspecified atom stereocenters. The third kappa shape index (κ3) is 6.16. The van der Waals surface area contributed by atoms with Gasteiger partial charge in [0.1, 0.15) is 22.9 Å². The molecule has 1 heterocycles. The molecular weight excluding hydrogens is 436 g/mol. The number of phenolic OH excluding ortho intramolecular Hbond substituents is 2. The maximum atomic E-state index is 12.5. The van der Waals surface area contributed by atoms with Crippen molar-refractivity contribution in [3.63, 3.8) is 0 Å². The number of nitrogens with zero attached hydrogens (tertiary/aromatic N) is 2. The normalized spacial score (nSPS) is 15.4. The maximum absolute atomic E-state index is 12.5. The van der Waals surface area contributed by atoms with Gasteiger partial charge in [0.25, 0.3) is 5.91 Å². The number of likely N-dealkylation sites (N-methyl/N-ethyl adjacent to an activating group) is 1. The zero-order chi connectivity index (χ0) is 22.6. The summed E-state index contributed by atoms with van der Waals surface area (Å²) in [6.07, 6.45) is 0. The number of quaternary nitrogens is 1. The fourth-order valence-electron chi connectivity index (χ4n) is 3.60. The number of halogens is 1. The summed E-state index contributed by atoms with van der Waals surface area (Å²) in [5, 5.41) is 25.1. The van der Waals surface area contributed by atoms with Crippen LogP contribution < -0.4 is 34.5 Å². The summed E-state index contributed by atoms with van der Waals surface area (Å²) >= 11 is 0. The molecule has 0 aliphatic carbocycles. The number of amides is 2. The average Bonchev–Trinajstić information content (AvgIpc) is 2.70. The molecule has 32 heavy (non-hydrogen) atoms. The van der Waals surface area contributed by atoms with Crippen LogP contribution in [0.15, 0.2) is 36.4 Å². The standard InChI is InChI=1S/C21H28N6O4.ClH/c1-27(13-19(31)25-21-15(23)5-3-7-17(21)29)10-8-26(9-11-27)12-18(30)24-20-14(22)4-2-6-16(20)28;/h2-7H,8-13,22-23H2,1H3,(H3-,24,25,28,29,30,31);1H. The number of nitrogen functional groups attached to an aromatic ring is 2. The predicted octanol–water partition coefficient (Wildman–Crippen LogP) is -2.39. The summed E-state index contributed by atoms with van der Waals surface area (Å²) < 4.78 is 0.504. The minimum Gasteiger partial charge on any atom is -1.00 e. The van der Waals surface area contributed by atoms with Crippen LogP contribution in [0, 0.1) is 0 Å². The highest BCUT2D eigenvalue weighted by Crippen LogP contribution is 2.30. The van der Waals surface area contributed by atoms with Gasteiger partial charge in [-0.2, -0.15) is 0 Å². The first-order chi connectivity index (χ1) is 14.7. The molecule has 1 aliphatic heterocycles. The zero-order valence-electron chi connectivity index (χ0n) is 17.8. The molecule has 10 nitrogen and oxygen atoms in total.